The fourth-order valence-electron chi connectivity index (χ4n) is 2.69. The normalized spacial score (nSPS) is 12.6. The minimum Gasteiger partial charge on any atom is -0.324 e. The van der Waals surface area contributed by atoms with Gasteiger partial charge < -0.3 is 5.73 Å². The molecule has 0 fully saturated rings. The highest BCUT2D eigenvalue weighted by molar-refractivity contribution is 5.98. The van der Waals surface area contributed by atoms with Gasteiger partial charge in [-0.2, -0.15) is 0 Å². The van der Waals surface area contributed by atoms with Crippen molar-refractivity contribution in [3.05, 3.63) is 71.8 Å². The predicted octanol–water partition coefficient (Wildman–Crippen LogP) is 4.83. The number of rotatable bonds is 2. The van der Waals surface area contributed by atoms with E-state index < -0.39 is 0 Å². The zero-order chi connectivity index (χ0) is 14.1. The first kappa shape index (κ1) is 12.9. The van der Waals surface area contributed by atoms with Gasteiger partial charge in [0.1, 0.15) is 0 Å². The van der Waals surface area contributed by atoms with Crippen molar-refractivity contribution in [1.29, 1.82) is 0 Å². The average molecular weight is 261 g/mol. The third-order valence-electron chi connectivity index (χ3n) is 3.87. The molecule has 0 heterocycles. The third-order valence-corrected chi connectivity index (χ3v) is 3.87. The van der Waals surface area contributed by atoms with Gasteiger partial charge >= 0.3 is 0 Å². The summed E-state index contributed by atoms with van der Waals surface area (Å²) < 4.78 is 0. The molecule has 2 N–H and O–H groups in total. The van der Waals surface area contributed by atoms with Crippen LogP contribution in [0.3, 0.4) is 0 Å². The molecule has 0 saturated carbocycles. The molecule has 100 valence electrons. The molecule has 1 nitrogen and oxygen atoms in total. The maximum absolute atomic E-state index is 6.00. The van der Waals surface area contributed by atoms with Crippen LogP contribution < -0.4 is 5.73 Å². The summed E-state index contributed by atoms with van der Waals surface area (Å²) in [4.78, 5) is 0. The summed E-state index contributed by atoms with van der Waals surface area (Å²) in [5, 5.41) is 2.62. The van der Waals surface area contributed by atoms with Crippen molar-refractivity contribution in [2.45, 2.75) is 19.9 Å². The lowest BCUT2D eigenvalue weighted by molar-refractivity contribution is 0.819. The molecule has 1 heteroatoms. The molecule has 0 spiro atoms. The van der Waals surface area contributed by atoms with Crippen molar-refractivity contribution >= 4 is 10.8 Å². The smallest absolute Gasteiger partial charge is 0.0266 e. The van der Waals surface area contributed by atoms with Crippen LogP contribution in [0.1, 0.15) is 24.1 Å². The van der Waals surface area contributed by atoms with E-state index >= 15 is 0 Å². The average Bonchev–Trinajstić information content (AvgIpc) is 2.48. The van der Waals surface area contributed by atoms with Crippen molar-refractivity contribution in [2.75, 3.05) is 0 Å². The van der Waals surface area contributed by atoms with Gasteiger partial charge in [0.15, 0.2) is 0 Å². The minimum atomic E-state index is 0.0617. The number of aryl methyl sites for hydroxylation is 1. The van der Waals surface area contributed by atoms with Crippen LogP contribution in [-0.4, -0.2) is 0 Å². The lowest BCUT2D eigenvalue weighted by Gasteiger charge is -2.12. The topological polar surface area (TPSA) is 26.0 Å². The van der Waals surface area contributed by atoms with Gasteiger partial charge in [0.05, 0.1) is 0 Å². The van der Waals surface area contributed by atoms with Crippen molar-refractivity contribution < 1.29 is 0 Å². The molecule has 3 rings (SSSR count). The van der Waals surface area contributed by atoms with Crippen LogP contribution in [-0.2, 0) is 0 Å². The second kappa shape index (κ2) is 5.10. The summed E-state index contributed by atoms with van der Waals surface area (Å²) in [6.45, 7) is 4.18. The molecule has 20 heavy (non-hydrogen) atoms. The monoisotopic (exact) mass is 261 g/mol. The van der Waals surface area contributed by atoms with E-state index in [4.69, 9.17) is 5.73 Å². The standard InChI is InChI=1S/C19H19N/c1-13-10-11-18(19-9-4-3-8-17(13)19)16-7-5-6-15(12-16)14(2)20/h3-12,14H,20H2,1-2H3. The molecule has 1 unspecified atom stereocenters. The number of hydrogen-bond donors (Lipinski definition) is 1. The number of hydrogen-bond acceptors (Lipinski definition) is 1. The van der Waals surface area contributed by atoms with Crippen LogP contribution in [0.4, 0.5) is 0 Å². The van der Waals surface area contributed by atoms with Gasteiger partial charge in [0.2, 0.25) is 0 Å². The molecule has 0 aliphatic rings. The van der Waals surface area contributed by atoms with Crippen molar-refractivity contribution in [2.24, 2.45) is 5.73 Å². The molecule has 0 aliphatic carbocycles. The summed E-state index contributed by atoms with van der Waals surface area (Å²) in [7, 11) is 0. The van der Waals surface area contributed by atoms with Gasteiger partial charge in [-0.3, -0.25) is 0 Å². The van der Waals surface area contributed by atoms with Gasteiger partial charge in [-0.1, -0.05) is 54.6 Å². The van der Waals surface area contributed by atoms with E-state index in [0.29, 0.717) is 0 Å². The Balaban J connectivity index is 2.25. The highest BCUT2D eigenvalue weighted by Crippen LogP contribution is 2.31. The van der Waals surface area contributed by atoms with Crippen LogP contribution in [0.25, 0.3) is 21.9 Å². The molecule has 3 aromatic carbocycles. The number of benzene rings is 3. The van der Waals surface area contributed by atoms with E-state index in [1.807, 2.05) is 6.92 Å². The lowest BCUT2D eigenvalue weighted by atomic mass is 9.94. The van der Waals surface area contributed by atoms with Crippen LogP contribution in [0.2, 0.25) is 0 Å². The Hall–Kier alpha value is -2.12. The fourth-order valence-corrected chi connectivity index (χ4v) is 2.69. The van der Waals surface area contributed by atoms with Gasteiger partial charge in [-0.05, 0) is 52.9 Å². The van der Waals surface area contributed by atoms with Gasteiger partial charge in [-0.25, -0.2) is 0 Å². The molecule has 0 amide bonds. The van der Waals surface area contributed by atoms with Gasteiger partial charge in [0, 0.05) is 6.04 Å². The molecule has 0 saturated heterocycles. The Kier molecular flexibility index (Phi) is 3.29. The van der Waals surface area contributed by atoms with Gasteiger partial charge in [-0.15, -0.1) is 0 Å². The lowest BCUT2D eigenvalue weighted by Crippen LogP contribution is -2.04. The first-order chi connectivity index (χ1) is 9.66. The Morgan fingerprint density at radius 2 is 1.60 bits per heavy atom. The highest BCUT2D eigenvalue weighted by atomic mass is 14.6. The maximum Gasteiger partial charge on any atom is 0.0266 e. The molecule has 0 aliphatic heterocycles. The summed E-state index contributed by atoms with van der Waals surface area (Å²) >= 11 is 0. The van der Waals surface area contributed by atoms with E-state index in [2.05, 4.69) is 67.6 Å². The summed E-state index contributed by atoms with van der Waals surface area (Å²) in [6.07, 6.45) is 0. The van der Waals surface area contributed by atoms with Crippen LogP contribution in [0.15, 0.2) is 60.7 Å². The van der Waals surface area contributed by atoms with Crippen LogP contribution >= 0.6 is 0 Å². The third kappa shape index (κ3) is 2.21. The SMILES string of the molecule is Cc1ccc(-c2cccc(C(C)N)c2)c2ccccc12. The summed E-state index contributed by atoms with van der Waals surface area (Å²) in [5.41, 5.74) is 11.0. The molecular formula is C19H19N. The van der Waals surface area contributed by atoms with Crippen molar-refractivity contribution in [3.63, 3.8) is 0 Å². The molecule has 1 atom stereocenters. The van der Waals surface area contributed by atoms with Crippen molar-refractivity contribution in [1.82, 2.24) is 0 Å². The Bertz CT molecular complexity index is 757. The van der Waals surface area contributed by atoms with Crippen molar-refractivity contribution in [3.8, 4) is 11.1 Å². The zero-order valence-electron chi connectivity index (χ0n) is 11.9. The predicted molar refractivity (Wildman–Crippen MR) is 86.7 cm³/mol. The Morgan fingerprint density at radius 1 is 0.850 bits per heavy atom. The Morgan fingerprint density at radius 3 is 2.35 bits per heavy atom. The van der Waals surface area contributed by atoms with E-state index in [1.54, 1.807) is 0 Å². The summed E-state index contributed by atoms with van der Waals surface area (Å²) in [5.74, 6) is 0. The van der Waals surface area contributed by atoms with E-state index in [0.717, 1.165) is 0 Å². The molecular weight excluding hydrogens is 242 g/mol. The summed E-state index contributed by atoms with van der Waals surface area (Å²) in [6, 6.07) is 21.6. The Labute approximate surface area is 120 Å². The second-order valence-corrected chi connectivity index (χ2v) is 5.39. The van der Waals surface area contributed by atoms with E-state index in [1.165, 1.54) is 33.0 Å². The minimum absolute atomic E-state index is 0.0617. The first-order valence-electron chi connectivity index (χ1n) is 7.01. The number of fused-ring (bicyclic) bond motifs is 1. The molecule has 0 bridgehead atoms. The second-order valence-electron chi connectivity index (χ2n) is 5.39. The van der Waals surface area contributed by atoms with Crippen LogP contribution in [0, 0.1) is 6.92 Å². The quantitative estimate of drug-likeness (QED) is 0.702. The van der Waals surface area contributed by atoms with E-state index in [9.17, 15) is 0 Å². The van der Waals surface area contributed by atoms with Gasteiger partial charge in [0.25, 0.3) is 0 Å². The molecule has 0 aromatic heterocycles. The largest absolute Gasteiger partial charge is 0.324 e. The molecule has 0 radical (unpaired) electrons. The zero-order valence-corrected chi connectivity index (χ0v) is 11.9. The highest BCUT2D eigenvalue weighted by Gasteiger charge is 2.07. The van der Waals surface area contributed by atoms with E-state index in [-0.39, 0.29) is 6.04 Å². The number of nitrogens with two attached hydrogens (primary N) is 1. The first-order valence-corrected chi connectivity index (χ1v) is 7.01. The van der Waals surface area contributed by atoms with Crippen LogP contribution in [0.5, 0.6) is 0 Å². The maximum atomic E-state index is 6.00. The fraction of sp³-hybridized carbons (Fsp3) is 0.158. The molecule has 3 aromatic rings.